The molecule has 1 saturated carbocycles. The van der Waals surface area contributed by atoms with Crippen molar-refractivity contribution in [2.75, 3.05) is 16.8 Å². The first kappa shape index (κ1) is 23.6. The first-order valence-electron chi connectivity index (χ1n) is 10.7. The molecule has 1 aliphatic carbocycles. The highest BCUT2D eigenvalue weighted by Crippen LogP contribution is 2.44. The number of nitrogens with one attached hydrogen (secondary N) is 1. The molecule has 0 atom stereocenters. The number of carbonyl (C=O) groups is 1. The Labute approximate surface area is 210 Å². The molecule has 1 aromatic heterocycles. The number of primary sulfonamides is 1. The Hall–Kier alpha value is -3.12. The van der Waals surface area contributed by atoms with Crippen LogP contribution in [0.1, 0.15) is 24.3 Å². The molecule has 0 spiro atoms. The molecule has 5 N–H and O–H groups in total. The maximum absolute atomic E-state index is 12.6. The summed E-state index contributed by atoms with van der Waals surface area (Å²) in [4.78, 5) is 12.5. The highest BCUT2D eigenvalue weighted by atomic mass is 35.5. The molecule has 12 heteroatoms. The van der Waals surface area contributed by atoms with E-state index in [9.17, 15) is 13.2 Å². The second-order valence-electron chi connectivity index (χ2n) is 8.19. The maximum atomic E-state index is 12.6. The molecular formula is C23H21ClN6O3S2. The molecule has 1 heterocycles. The lowest BCUT2D eigenvalue weighted by Gasteiger charge is -2.14. The lowest BCUT2D eigenvalue weighted by molar-refractivity contribution is -0.113. The van der Waals surface area contributed by atoms with Crippen LogP contribution in [-0.4, -0.2) is 34.8 Å². The minimum Gasteiger partial charge on any atom is -0.368 e. The van der Waals surface area contributed by atoms with Gasteiger partial charge in [0.1, 0.15) is 0 Å². The molecule has 0 aliphatic heterocycles. The summed E-state index contributed by atoms with van der Waals surface area (Å²) in [5.41, 5.74) is 8.62. The number of hydrogen-bond donors (Lipinski definition) is 3. The van der Waals surface area contributed by atoms with Crippen LogP contribution in [0.4, 0.5) is 11.6 Å². The molecule has 0 radical (unpaired) electrons. The molecule has 4 aromatic rings. The van der Waals surface area contributed by atoms with E-state index in [1.807, 2.05) is 24.3 Å². The maximum Gasteiger partial charge on any atom is 0.238 e. The number of benzene rings is 3. The van der Waals surface area contributed by atoms with E-state index in [2.05, 4.69) is 27.6 Å². The van der Waals surface area contributed by atoms with Crippen molar-refractivity contribution in [2.24, 2.45) is 5.14 Å². The molecule has 0 saturated heterocycles. The largest absolute Gasteiger partial charge is 0.368 e. The van der Waals surface area contributed by atoms with Gasteiger partial charge in [-0.1, -0.05) is 53.7 Å². The van der Waals surface area contributed by atoms with Gasteiger partial charge in [0.05, 0.1) is 27.0 Å². The minimum atomic E-state index is -3.90. The summed E-state index contributed by atoms with van der Waals surface area (Å²) in [5, 5.41) is 18.7. The van der Waals surface area contributed by atoms with Gasteiger partial charge in [0.15, 0.2) is 5.16 Å². The van der Waals surface area contributed by atoms with Crippen molar-refractivity contribution in [2.45, 2.75) is 28.8 Å². The van der Waals surface area contributed by atoms with Crippen LogP contribution in [0.3, 0.4) is 0 Å². The van der Waals surface area contributed by atoms with Crippen LogP contribution in [0.25, 0.3) is 16.5 Å². The van der Waals surface area contributed by atoms with Crippen LogP contribution in [0.15, 0.2) is 64.6 Å². The molecule has 9 nitrogen and oxygen atoms in total. The van der Waals surface area contributed by atoms with E-state index in [1.54, 1.807) is 4.57 Å². The van der Waals surface area contributed by atoms with Gasteiger partial charge in [0.25, 0.3) is 0 Å². The zero-order chi connectivity index (χ0) is 24.7. The van der Waals surface area contributed by atoms with Crippen molar-refractivity contribution in [3.63, 3.8) is 0 Å². The second kappa shape index (κ2) is 9.15. The molecule has 1 amide bonds. The lowest BCUT2D eigenvalue weighted by atomic mass is 9.99. The number of fused-ring (bicyclic) bond motifs is 1. The van der Waals surface area contributed by atoms with Crippen molar-refractivity contribution in [3.8, 4) is 5.69 Å². The number of thioether (sulfide) groups is 1. The summed E-state index contributed by atoms with van der Waals surface area (Å²) in [6.45, 7) is 0. The number of rotatable bonds is 7. The van der Waals surface area contributed by atoms with Crippen molar-refractivity contribution >= 4 is 61.7 Å². The summed E-state index contributed by atoms with van der Waals surface area (Å²) in [5.74, 6) is 0.459. The Morgan fingerprint density at radius 1 is 1.11 bits per heavy atom. The van der Waals surface area contributed by atoms with Gasteiger partial charge < -0.3 is 11.1 Å². The van der Waals surface area contributed by atoms with E-state index in [4.69, 9.17) is 22.5 Å². The smallest absolute Gasteiger partial charge is 0.238 e. The third-order valence-electron chi connectivity index (χ3n) is 5.73. The molecule has 0 bridgehead atoms. The summed E-state index contributed by atoms with van der Waals surface area (Å²) in [6, 6.07) is 16.2. The van der Waals surface area contributed by atoms with Gasteiger partial charge in [-0.25, -0.2) is 13.6 Å². The number of carbonyl (C=O) groups excluding carboxylic acids is 1. The Bertz CT molecular complexity index is 1570. The van der Waals surface area contributed by atoms with Gasteiger partial charge in [-0.05, 0) is 54.0 Å². The number of nitrogens with two attached hydrogens (primary N) is 2. The molecule has 35 heavy (non-hydrogen) atoms. The van der Waals surface area contributed by atoms with E-state index in [1.165, 1.54) is 53.8 Å². The van der Waals surface area contributed by atoms with Crippen molar-refractivity contribution in [3.05, 3.63) is 65.2 Å². The fourth-order valence-corrected chi connectivity index (χ4v) is 5.53. The summed E-state index contributed by atoms with van der Waals surface area (Å²) in [6.07, 6.45) is 2.40. The van der Waals surface area contributed by atoms with Crippen molar-refractivity contribution in [1.82, 2.24) is 14.8 Å². The molecule has 5 rings (SSSR count). The first-order chi connectivity index (χ1) is 16.7. The molecule has 0 unspecified atom stereocenters. The topological polar surface area (TPSA) is 146 Å². The highest BCUT2D eigenvalue weighted by Gasteiger charge is 2.26. The first-order valence-corrected chi connectivity index (χ1v) is 13.6. The van der Waals surface area contributed by atoms with Crippen LogP contribution in [0.2, 0.25) is 5.02 Å². The lowest BCUT2D eigenvalue weighted by Crippen LogP contribution is -2.16. The number of nitrogens with zero attached hydrogens (tertiary/aromatic N) is 3. The number of aromatic nitrogens is 3. The Morgan fingerprint density at radius 3 is 2.54 bits per heavy atom. The number of halogens is 1. The summed E-state index contributed by atoms with van der Waals surface area (Å²) >= 11 is 7.29. The highest BCUT2D eigenvalue weighted by molar-refractivity contribution is 7.99. The van der Waals surface area contributed by atoms with Gasteiger partial charge in [-0.15, -0.1) is 10.2 Å². The third-order valence-corrected chi connectivity index (χ3v) is 7.88. The average molecular weight is 529 g/mol. The number of hydrogen-bond acceptors (Lipinski definition) is 7. The fourth-order valence-electron chi connectivity index (χ4n) is 3.94. The van der Waals surface area contributed by atoms with Gasteiger partial charge in [-0.2, -0.15) is 0 Å². The standard InChI is InChI=1S/C23H21ClN6O3S2/c24-18-11-14(35(26,32)33)7-9-19(18)27-21(31)12-34-23-29-28-22(25)30(23)20-10-8-15(13-5-6-13)16-3-1-2-4-17(16)20/h1-4,7-11,13H,5-6,12H2,(H2,25,28)(H,27,31)(H2,26,32,33). The SMILES string of the molecule is Nc1nnc(SCC(=O)Nc2ccc(S(N)(=O)=O)cc2Cl)n1-c1ccc(C2CC2)c2ccccc12. The predicted octanol–water partition coefficient (Wildman–Crippen LogP) is 3.91. The van der Waals surface area contributed by atoms with E-state index >= 15 is 0 Å². The van der Waals surface area contributed by atoms with Gasteiger partial charge in [-0.3, -0.25) is 9.36 Å². The van der Waals surface area contributed by atoms with Crippen LogP contribution in [-0.2, 0) is 14.8 Å². The van der Waals surface area contributed by atoms with Crippen LogP contribution >= 0.6 is 23.4 Å². The van der Waals surface area contributed by atoms with Crippen molar-refractivity contribution < 1.29 is 13.2 Å². The van der Waals surface area contributed by atoms with Crippen LogP contribution in [0, 0.1) is 0 Å². The van der Waals surface area contributed by atoms with E-state index in [0.717, 1.165) is 11.1 Å². The number of nitrogen functional groups attached to an aromatic ring is 1. The quantitative estimate of drug-likeness (QED) is 0.308. The monoisotopic (exact) mass is 528 g/mol. The zero-order valence-corrected chi connectivity index (χ0v) is 20.7. The van der Waals surface area contributed by atoms with E-state index in [-0.39, 0.29) is 33.2 Å². The minimum absolute atomic E-state index is 0.00346. The van der Waals surface area contributed by atoms with Crippen LogP contribution in [0.5, 0.6) is 0 Å². The van der Waals surface area contributed by atoms with E-state index in [0.29, 0.717) is 11.1 Å². The molecule has 1 aliphatic rings. The zero-order valence-electron chi connectivity index (χ0n) is 18.3. The molecule has 1 fully saturated rings. The number of anilines is 2. The fraction of sp³-hybridized carbons (Fsp3) is 0.174. The summed E-state index contributed by atoms with van der Waals surface area (Å²) in [7, 11) is -3.90. The molecule has 180 valence electrons. The van der Waals surface area contributed by atoms with Crippen molar-refractivity contribution in [1.29, 1.82) is 0 Å². The van der Waals surface area contributed by atoms with Gasteiger partial charge >= 0.3 is 0 Å². The Kier molecular flexibility index (Phi) is 6.18. The normalized spacial score (nSPS) is 13.8. The van der Waals surface area contributed by atoms with E-state index < -0.39 is 10.0 Å². The number of amides is 1. The molecular weight excluding hydrogens is 508 g/mol. The van der Waals surface area contributed by atoms with Crippen LogP contribution < -0.4 is 16.2 Å². The summed E-state index contributed by atoms with van der Waals surface area (Å²) < 4.78 is 24.7. The average Bonchev–Trinajstić information content (AvgIpc) is 3.60. The molecule has 3 aromatic carbocycles. The predicted molar refractivity (Wildman–Crippen MR) is 137 cm³/mol. The Balaban J connectivity index is 1.37. The van der Waals surface area contributed by atoms with Gasteiger partial charge in [0.2, 0.25) is 21.9 Å². The number of sulfonamides is 1. The third kappa shape index (κ3) is 4.85. The van der Waals surface area contributed by atoms with Gasteiger partial charge in [0, 0.05) is 5.39 Å². The Morgan fingerprint density at radius 2 is 1.86 bits per heavy atom. The second-order valence-corrected chi connectivity index (χ2v) is 11.1.